The van der Waals surface area contributed by atoms with Crippen LogP contribution in [-0.4, -0.2) is 51.5 Å². The molecule has 32 heavy (non-hydrogen) atoms. The predicted molar refractivity (Wildman–Crippen MR) is 114 cm³/mol. The number of anilines is 3. The van der Waals surface area contributed by atoms with Gasteiger partial charge in [0, 0.05) is 25.0 Å². The minimum Gasteiger partial charge on any atom is -0.378 e. The number of morpholine rings is 1. The number of nitrogens with zero attached hydrogens (tertiary/aromatic N) is 2. The van der Waals surface area contributed by atoms with Gasteiger partial charge in [0.15, 0.2) is 15.7 Å². The lowest BCUT2D eigenvalue weighted by Gasteiger charge is -2.29. The molecule has 0 unspecified atom stereocenters. The maximum atomic E-state index is 12.9. The van der Waals surface area contributed by atoms with Crippen molar-refractivity contribution in [3.63, 3.8) is 0 Å². The van der Waals surface area contributed by atoms with Gasteiger partial charge < -0.3 is 20.3 Å². The number of ether oxygens (including phenoxy) is 1. The second-order valence-electron chi connectivity index (χ2n) is 7.12. The number of alkyl halides is 3. The number of urea groups is 1. The van der Waals surface area contributed by atoms with Gasteiger partial charge in [0.25, 0.3) is 0 Å². The molecule has 2 heterocycles. The van der Waals surface area contributed by atoms with Gasteiger partial charge in [-0.1, -0.05) is 13.0 Å². The average molecular weight is 472 g/mol. The average Bonchev–Trinajstić information content (AvgIpc) is 2.74. The molecule has 2 aromatic rings. The van der Waals surface area contributed by atoms with Gasteiger partial charge in [0.2, 0.25) is 0 Å². The molecule has 0 spiro atoms. The summed E-state index contributed by atoms with van der Waals surface area (Å²) in [5, 5.41) is 4.87. The number of carbonyl (C=O) groups is 1. The maximum Gasteiger partial charge on any atom is 0.416 e. The zero-order chi connectivity index (χ0) is 23.4. The summed E-state index contributed by atoms with van der Waals surface area (Å²) in [4.78, 5) is 18.6. The summed E-state index contributed by atoms with van der Waals surface area (Å²) >= 11 is 0. The summed E-state index contributed by atoms with van der Waals surface area (Å²) in [6, 6.07) is 4.68. The van der Waals surface area contributed by atoms with Crippen molar-refractivity contribution in [1.82, 2.24) is 4.98 Å². The van der Waals surface area contributed by atoms with Gasteiger partial charge in [-0.3, -0.25) is 0 Å². The highest BCUT2D eigenvalue weighted by molar-refractivity contribution is 7.91. The molecule has 2 amide bonds. The highest BCUT2D eigenvalue weighted by Crippen LogP contribution is 2.31. The maximum absolute atomic E-state index is 12.9. The lowest BCUT2D eigenvalue weighted by atomic mass is 10.2. The van der Waals surface area contributed by atoms with E-state index in [1.807, 2.05) is 4.90 Å². The summed E-state index contributed by atoms with van der Waals surface area (Å²) in [5.74, 6) is 0.268. The van der Waals surface area contributed by atoms with Crippen LogP contribution in [0.2, 0.25) is 0 Å². The summed E-state index contributed by atoms with van der Waals surface area (Å²) in [5.41, 5.74) is -0.833. The Morgan fingerprint density at radius 2 is 1.91 bits per heavy atom. The van der Waals surface area contributed by atoms with Gasteiger partial charge >= 0.3 is 12.2 Å². The Hall–Kier alpha value is -2.86. The molecule has 12 heteroatoms. The van der Waals surface area contributed by atoms with Crippen LogP contribution in [0.4, 0.5) is 35.2 Å². The van der Waals surface area contributed by atoms with Crippen LogP contribution >= 0.6 is 0 Å². The largest absolute Gasteiger partial charge is 0.416 e. The minimum atomic E-state index is -4.55. The number of halogens is 3. The number of benzene rings is 1. The SMILES string of the molecule is CCCS(=O)(=O)c1cnc(N2CCOCC2)c(NC(=O)Nc2cccc(C(F)(F)F)c2)c1. The highest BCUT2D eigenvalue weighted by Gasteiger charge is 2.30. The summed E-state index contributed by atoms with van der Waals surface area (Å²) in [7, 11) is -3.60. The van der Waals surface area contributed by atoms with E-state index >= 15 is 0 Å². The molecule has 1 aromatic carbocycles. The number of pyridine rings is 1. The molecule has 0 radical (unpaired) electrons. The summed E-state index contributed by atoms with van der Waals surface area (Å²) < 4.78 is 69.0. The van der Waals surface area contributed by atoms with Crippen molar-refractivity contribution in [3.05, 3.63) is 42.1 Å². The van der Waals surface area contributed by atoms with E-state index in [2.05, 4.69) is 15.6 Å². The molecule has 1 aliphatic heterocycles. The lowest BCUT2D eigenvalue weighted by molar-refractivity contribution is -0.137. The molecular formula is C20H23F3N4O4S. The Morgan fingerprint density at radius 1 is 1.19 bits per heavy atom. The molecule has 0 saturated carbocycles. The zero-order valence-electron chi connectivity index (χ0n) is 17.3. The second-order valence-corrected chi connectivity index (χ2v) is 9.23. The third-order valence-corrected chi connectivity index (χ3v) is 6.57. The summed E-state index contributed by atoms with van der Waals surface area (Å²) in [6.07, 6.45) is -2.90. The molecule has 2 N–H and O–H groups in total. The van der Waals surface area contributed by atoms with Crippen LogP contribution in [0.3, 0.4) is 0 Å². The smallest absolute Gasteiger partial charge is 0.378 e. The molecule has 3 rings (SSSR count). The number of hydrogen-bond acceptors (Lipinski definition) is 6. The first-order chi connectivity index (χ1) is 15.1. The molecule has 1 saturated heterocycles. The fraction of sp³-hybridized carbons (Fsp3) is 0.400. The number of carbonyl (C=O) groups excluding carboxylic acids is 1. The Bertz CT molecular complexity index is 1070. The molecule has 8 nitrogen and oxygen atoms in total. The van der Waals surface area contributed by atoms with E-state index in [1.165, 1.54) is 24.4 Å². The van der Waals surface area contributed by atoms with Gasteiger partial charge in [0.05, 0.1) is 35.1 Å². The first-order valence-electron chi connectivity index (χ1n) is 9.91. The Labute approximate surface area is 183 Å². The van der Waals surface area contributed by atoms with Crippen LogP contribution < -0.4 is 15.5 Å². The molecule has 1 aliphatic rings. The Kier molecular flexibility index (Phi) is 7.24. The molecule has 174 valence electrons. The number of amides is 2. The van der Waals surface area contributed by atoms with Crippen molar-refractivity contribution in [2.75, 3.05) is 47.6 Å². The second kappa shape index (κ2) is 9.74. The fourth-order valence-corrected chi connectivity index (χ4v) is 4.46. The number of hydrogen-bond donors (Lipinski definition) is 2. The molecule has 0 aliphatic carbocycles. The quantitative estimate of drug-likeness (QED) is 0.664. The zero-order valence-corrected chi connectivity index (χ0v) is 18.1. The van der Waals surface area contributed by atoms with Crippen LogP contribution in [0.25, 0.3) is 0 Å². The van der Waals surface area contributed by atoms with E-state index in [4.69, 9.17) is 4.74 Å². The number of nitrogens with one attached hydrogen (secondary N) is 2. The van der Waals surface area contributed by atoms with E-state index in [-0.39, 0.29) is 22.0 Å². The van der Waals surface area contributed by atoms with Crippen LogP contribution in [0, 0.1) is 0 Å². The fourth-order valence-electron chi connectivity index (χ4n) is 3.17. The van der Waals surface area contributed by atoms with E-state index < -0.39 is 27.6 Å². The number of sulfone groups is 1. The first kappa shape index (κ1) is 23.8. The van der Waals surface area contributed by atoms with Crippen LogP contribution in [0.15, 0.2) is 41.4 Å². The van der Waals surface area contributed by atoms with Crippen LogP contribution in [0.5, 0.6) is 0 Å². The first-order valence-corrected chi connectivity index (χ1v) is 11.6. The Balaban J connectivity index is 1.87. The van der Waals surface area contributed by atoms with Gasteiger partial charge in [-0.25, -0.2) is 18.2 Å². The molecule has 1 aromatic heterocycles. The molecule has 0 atom stereocenters. The van der Waals surface area contributed by atoms with E-state index in [0.29, 0.717) is 38.5 Å². The highest BCUT2D eigenvalue weighted by atomic mass is 32.2. The predicted octanol–water partition coefficient (Wildman–Crippen LogP) is 3.76. The van der Waals surface area contributed by atoms with Gasteiger partial charge in [0.1, 0.15) is 0 Å². The monoisotopic (exact) mass is 472 g/mol. The molecule has 0 bridgehead atoms. The van der Waals surface area contributed by atoms with E-state index in [0.717, 1.165) is 12.1 Å². The van der Waals surface area contributed by atoms with Crippen molar-refractivity contribution in [2.24, 2.45) is 0 Å². The van der Waals surface area contributed by atoms with Crippen molar-refractivity contribution in [1.29, 1.82) is 0 Å². The molecule has 1 fully saturated rings. The van der Waals surface area contributed by atoms with Gasteiger partial charge in [-0.05, 0) is 30.7 Å². The van der Waals surface area contributed by atoms with Crippen LogP contribution in [0.1, 0.15) is 18.9 Å². The summed E-state index contributed by atoms with van der Waals surface area (Å²) in [6.45, 7) is 3.57. The standard InChI is InChI=1S/C20H23F3N4O4S/c1-2-10-32(29,30)16-12-17(18(24-13-16)27-6-8-31-9-7-27)26-19(28)25-15-5-3-4-14(11-15)20(21,22)23/h3-5,11-13H,2,6-10H2,1H3,(H2,25,26,28). The van der Waals surface area contributed by atoms with E-state index in [9.17, 15) is 26.4 Å². The van der Waals surface area contributed by atoms with Gasteiger partial charge in [-0.2, -0.15) is 13.2 Å². The van der Waals surface area contributed by atoms with E-state index in [1.54, 1.807) is 6.92 Å². The lowest BCUT2D eigenvalue weighted by Crippen LogP contribution is -2.37. The third kappa shape index (κ3) is 5.88. The number of rotatable bonds is 6. The molecular weight excluding hydrogens is 449 g/mol. The van der Waals surface area contributed by atoms with Crippen molar-refractivity contribution in [3.8, 4) is 0 Å². The van der Waals surface area contributed by atoms with Crippen LogP contribution in [-0.2, 0) is 20.8 Å². The minimum absolute atomic E-state index is 0.0503. The van der Waals surface area contributed by atoms with Crippen molar-refractivity contribution in [2.45, 2.75) is 24.4 Å². The topological polar surface area (TPSA) is 101 Å². The Morgan fingerprint density at radius 3 is 2.56 bits per heavy atom. The van der Waals surface area contributed by atoms with Crippen molar-refractivity contribution >= 4 is 33.1 Å². The normalized spacial score (nSPS) is 14.8. The number of aromatic nitrogens is 1. The van der Waals surface area contributed by atoms with Crippen molar-refractivity contribution < 1.29 is 31.1 Å². The van der Waals surface area contributed by atoms with Gasteiger partial charge in [-0.15, -0.1) is 0 Å². The third-order valence-electron chi connectivity index (χ3n) is 4.68.